The molecule has 29 heavy (non-hydrogen) atoms. The van der Waals surface area contributed by atoms with Gasteiger partial charge in [-0.15, -0.1) is 0 Å². The molecular formula is C21H24N2O5S. The Hall–Kier alpha value is -2.42. The Bertz CT molecular complexity index is 978. The third-order valence-electron chi connectivity index (χ3n) is 5.40. The monoisotopic (exact) mass is 416 g/mol. The van der Waals surface area contributed by atoms with Crippen molar-refractivity contribution < 1.29 is 22.7 Å². The summed E-state index contributed by atoms with van der Waals surface area (Å²) >= 11 is 0. The lowest BCUT2D eigenvalue weighted by Crippen LogP contribution is -2.53. The van der Waals surface area contributed by atoms with Gasteiger partial charge in [0.2, 0.25) is 10.0 Å². The van der Waals surface area contributed by atoms with Gasteiger partial charge < -0.3 is 9.47 Å². The Balaban J connectivity index is 1.62. The zero-order valence-corrected chi connectivity index (χ0v) is 17.2. The van der Waals surface area contributed by atoms with E-state index in [1.807, 2.05) is 44.2 Å². The number of ether oxygens (including phenoxy) is 2. The highest BCUT2D eigenvalue weighted by Crippen LogP contribution is 2.35. The van der Waals surface area contributed by atoms with Gasteiger partial charge >= 0.3 is 6.09 Å². The topological polar surface area (TPSA) is 76.2 Å². The molecule has 3 atom stereocenters. The van der Waals surface area contributed by atoms with E-state index in [1.54, 1.807) is 24.3 Å². The van der Waals surface area contributed by atoms with Gasteiger partial charge in [0.25, 0.3) is 0 Å². The molecule has 0 spiro atoms. The highest BCUT2D eigenvalue weighted by Gasteiger charge is 2.41. The number of carbonyl (C=O) groups is 1. The van der Waals surface area contributed by atoms with Gasteiger partial charge in [0.05, 0.1) is 30.2 Å². The zero-order chi connectivity index (χ0) is 20.6. The van der Waals surface area contributed by atoms with Gasteiger partial charge in [-0.05, 0) is 43.7 Å². The van der Waals surface area contributed by atoms with Gasteiger partial charge in [0.1, 0.15) is 6.61 Å². The number of benzene rings is 2. The largest absolute Gasteiger partial charge is 0.447 e. The fraction of sp³-hybridized carbons (Fsp3) is 0.381. The minimum absolute atomic E-state index is 0.196. The highest BCUT2D eigenvalue weighted by atomic mass is 32.2. The molecule has 8 heteroatoms. The molecule has 4 rings (SSSR count). The number of nitrogens with zero attached hydrogens (tertiary/aromatic N) is 2. The van der Waals surface area contributed by atoms with Crippen molar-refractivity contribution in [3.8, 4) is 0 Å². The average molecular weight is 416 g/mol. The summed E-state index contributed by atoms with van der Waals surface area (Å²) in [6.07, 6.45) is -0.748. The summed E-state index contributed by atoms with van der Waals surface area (Å²) in [5, 5.41) is 0. The minimum Gasteiger partial charge on any atom is -0.447 e. The van der Waals surface area contributed by atoms with Crippen molar-refractivity contribution in [2.75, 3.05) is 24.7 Å². The molecule has 7 nitrogen and oxygen atoms in total. The van der Waals surface area contributed by atoms with Crippen LogP contribution in [0.25, 0.3) is 0 Å². The molecule has 1 amide bonds. The van der Waals surface area contributed by atoms with Crippen molar-refractivity contribution in [1.82, 2.24) is 4.31 Å². The first-order valence-electron chi connectivity index (χ1n) is 9.64. The molecule has 2 aromatic carbocycles. The molecule has 0 saturated carbocycles. The lowest BCUT2D eigenvalue weighted by Gasteiger charge is -2.42. The van der Waals surface area contributed by atoms with Crippen LogP contribution in [0.3, 0.4) is 0 Å². The maximum Gasteiger partial charge on any atom is 0.414 e. The molecule has 0 unspecified atom stereocenters. The number of hydrogen-bond donors (Lipinski definition) is 0. The van der Waals surface area contributed by atoms with Gasteiger partial charge in [0, 0.05) is 11.7 Å². The first-order valence-corrected chi connectivity index (χ1v) is 11.1. The van der Waals surface area contributed by atoms with E-state index in [2.05, 4.69) is 0 Å². The molecule has 0 radical (unpaired) electrons. The average Bonchev–Trinajstić information content (AvgIpc) is 3.14. The van der Waals surface area contributed by atoms with E-state index in [1.165, 1.54) is 9.21 Å². The summed E-state index contributed by atoms with van der Waals surface area (Å²) in [5.74, 6) is 0. The van der Waals surface area contributed by atoms with E-state index < -0.39 is 16.1 Å². The number of sulfonamides is 1. The second-order valence-corrected chi connectivity index (χ2v) is 9.19. The summed E-state index contributed by atoms with van der Waals surface area (Å²) < 4.78 is 39.4. The van der Waals surface area contributed by atoms with Crippen molar-refractivity contribution in [1.29, 1.82) is 0 Å². The van der Waals surface area contributed by atoms with Crippen LogP contribution < -0.4 is 4.90 Å². The Morgan fingerprint density at radius 1 is 1.00 bits per heavy atom. The zero-order valence-electron chi connectivity index (χ0n) is 16.4. The van der Waals surface area contributed by atoms with Crippen LogP contribution in [0, 0.1) is 0 Å². The molecule has 0 N–H and O–H groups in total. The van der Waals surface area contributed by atoms with Crippen molar-refractivity contribution in [3.63, 3.8) is 0 Å². The summed E-state index contributed by atoms with van der Waals surface area (Å²) in [4.78, 5) is 13.4. The van der Waals surface area contributed by atoms with Crippen LogP contribution >= 0.6 is 0 Å². The molecule has 2 aromatic rings. The molecule has 2 fully saturated rings. The van der Waals surface area contributed by atoms with Crippen LogP contribution in [0.15, 0.2) is 59.5 Å². The standard InChI is InChI=1S/C21H24N2O5S/c1-15-14-28-20(17-6-4-3-5-7-17)16(2)23(15)29(25,26)19-10-8-18(9-11-19)22-12-13-27-21(22)24/h3-11,15-16,20H,12-14H2,1-2H3/t15-,16+,20+/m1/s1. The van der Waals surface area contributed by atoms with Crippen LogP contribution in [0.5, 0.6) is 0 Å². The van der Waals surface area contributed by atoms with Crippen molar-refractivity contribution in [3.05, 3.63) is 60.2 Å². The second-order valence-electron chi connectivity index (χ2n) is 7.35. The first kappa shape index (κ1) is 19.9. The Morgan fingerprint density at radius 2 is 1.69 bits per heavy atom. The number of morpholine rings is 1. The van der Waals surface area contributed by atoms with Gasteiger partial charge in [-0.1, -0.05) is 30.3 Å². The summed E-state index contributed by atoms with van der Waals surface area (Å²) in [6.45, 7) is 4.84. The third-order valence-corrected chi connectivity index (χ3v) is 7.52. The van der Waals surface area contributed by atoms with Gasteiger partial charge in [-0.3, -0.25) is 4.90 Å². The predicted octanol–water partition coefficient (Wildman–Crippen LogP) is 3.18. The number of anilines is 1. The van der Waals surface area contributed by atoms with Gasteiger partial charge in [-0.2, -0.15) is 4.31 Å². The van der Waals surface area contributed by atoms with Crippen LogP contribution in [-0.4, -0.2) is 50.7 Å². The Morgan fingerprint density at radius 3 is 2.31 bits per heavy atom. The lowest BCUT2D eigenvalue weighted by molar-refractivity contribution is -0.0617. The quantitative estimate of drug-likeness (QED) is 0.765. The SMILES string of the molecule is C[C@@H]1CO[C@H](c2ccccc2)[C@H](C)N1S(=O)(=O)c1ccc(N2CCOC2=O)cc1. The third kappa shape index (κ3) is 3.63. The molecule has 0 aliphatic carbocycles. The molecule has 2 heterocycles. The normalized spacial score (nSPS) is 25.8. The predicted molar refractivity (Wildman–Crippen MR) is 108 cm³/mol. The molecule has 2 aliphatic heterocycles. The van der Waals surface area contributed by atoms with E-state index in [9.17, 15) is 13.2 Å². The summed E-state index contributed by atoms with van der Waals surface area (Å²) in [5.41, 5.74) is 1.58. The molecule has 2 saturated heterocycles. The number of hydrogen-bond acceptors (Lipinski definition) is 5. The number of rotatable bonds is 4. The van der Waals surface area contributed by atoms with Crippen LogP contribution in [0.1, 0.15) is 25.5 Å². The highest BCUT2D eigenvalue weighted by molar-refractivity contribution is 7.89. The maximum absolute atomic E-state index is 13.4. The van der Waals surface area contributed by atoms with Crippen molar-refractivity contribution in [2.24, 2.45) is 0 Å². The van der Waals surface area contributed by atoms with Crippen LogP contribution in [-0.2, 0) is 19.5 Å². The van der Waals surface area contributed by atoms with E-state index in [4.69, 9.17) is 9.47 Å². The fourth-order valence-corrected chi connectivity index (χ4v) is 5.82. The molecule has 2 aliphatic rings. The number of amides is 1. The first-order chi connectivity index (χ1) is 13.9. The number of cyclic esters (lactones) is 1. The summed E-state index contributed by atoms with van der Waals surface area (Å²) in [6, 6.07) is 15.4. The fourth-order valence-electron chi connectivity index (χ4n) is 4.01. The van der Waals surface area contributed by atoms with E-state index in [-0.39, 0.29) is 23.1 Å². The van der Waals surface area contributed by atoms with Crippen LogP contribution in [0.4, 0.5) is 10.5 Å². The Labute approximate surface area is 170 Å². The number of carbonyl (C=O) groups excluding carboxylic acids is 1. The van der Waals surface area contributed by atoms with Crippen molar-refractivity contribution >= 4 is 21.8 Å². The van der Waals surface area contributed by atoms with E-state index >= 15 is 0 Å². The maximum atomic E-state index is 13.4. The second kappa shape index (κ2) is 7.78. The summed E-state index contributed by atoms with van der Waals surface area (Å²) in [7, 11) is -3.74. The van der Waals surface area contributed by atoms with Crippen LogP contribution in [0.2, 0.25) is 0 Å². The molecule has 0 aromatic heterocycles. The molecular weight excluding hydrogens is 392 g/mol. The van der Waals surface area contributed by atoms with E-state index in [0.717, 1.165) is 5.56 Å². The van der Waals surface area contributed by atoms with Crippen molar-refractivity contribution in [2.45, 2.75) is 36.9 Å². The Kier molecular flexibility index (Phi) is 5.33. The van der Waals surface area contributed by atoms with E-state index in [0.29, 0.717) is 25.4 Å². The smallest absolute Gasteiger partial charge is 0.414 e. The minimum atomic E-state index is -3.74. The molecule has 154 valence electrons. The van der Waals surface area contributed by atoms with Gasteiger partial charge in [-0.25, -0.2) is 13.2 Å². The van der Waals surface area contributed by atoms with Gasteiger partial charge in [0.15, 0.2) is 0 Å². The molecule has 0 bridgehead atoms. The lowest BCUT2D eigenvalue weighted by atomic mass is 10.0.